The van der Waals surface area contributed by atoms with Crippen molar-refractivity contribution >= 4 is 29.0 Å². The lowest BCUT2D eigenvalue weighted by molar-refractivity contribution is -0.158. The van der Waals surface area contributed by atoms with Gasteiger partial charge in [-0.3, -0.25) is 14.9 Å². The Morgan fingerprint density at radius 3 is 2.46 bits per heavy atom. The van der Waals surface area contributed by atoms with Gasteiger partial charge in [0, 0.05) is 18.2 Å². The van der Waals surface area contributed by atoms with Crippen LogP contribution in [-0.4, -0.2) is 24.3 Å². The largest absolute Gasteiger partial charge is 0.352 e. The number of ketones is 1. The number of benzene rings is 2. The number of amides is 1. The minimum atomic E-state index is -1.55. The van der Waals surface area contributed by atoms with Crippen LogP contribution in [0, 0.1) is 0 Å². The molecule has 5 nitrogen and oxygen atoms in total. The smallest absolute Gasteiger partial charge is 0.296 e. The Bertz CT molecular complexity index is 866. The fraction of sp³-hybridized carbons (Fsp3) is 0.300. The average molecular weight is 373 g/mol. The molecule has 1 heterocycles. The minimum Gasteiger partial charge on any atom is -0.352 e. The van der Waals surface area contributed by atoms with Crippen molar-refractivity contribution in [2.75, 3.05) is 12.4 Å². The Hall–Kier alpha value is -2.21. The van der Waals surface area contributed by atoms with Crippen molar-refractivity contribution in [2.24, 2.45) is 0 Å². The van der Waals surface area contributed by atoms with E-state index < -0.39 is 23.0 Å². The van der Waals surface area contributed by atoms with Gasteiger partial charge in [0.1, 0.15) is 0 Å². The molecule has 0 unspecified atom stereocenters. The molecule has 26 heavy (non-hydrogen) atoms. The SMILES string of the molecule is CO[C@@]1(C(=O)C(=O)Nc2ccccc2Cl)NC(C)(C)Cc2ccccc21. The number of hydrogen-bond acceptors (Lipinski definition) is 4. The van der Waals surface area contributed by atoms with Crippen molar-refractivity contribution in [3.8, 4) is 0 Å². The molecule has 1 aliphatic rings. The Kier molecular flexibility index (Phi) is 4.88. The first-order chi connectivity index (χ1) is 12.3. The van der Waals surface area contributed by atoms with E-state index in [1.54, 1.807) is 24.3 Å². The van der Waals surface area contributed by atoms with Crippen molar-refractivity contribution in [2.45, 2.75) is 31.5 Å². The van der Waals surface area contributed by atoms with Gasteiger partial charge in [0.05, 0.1) is 10.7 Å². The molecule has 0 saturated heterocycles. The van der Waals surface area contributed by atoms with Crippen molar-refractivity contribution in [3.05, 3.63) is 64.7 Å². The first-order valence-electron chi connectivity index (χ1n) is 8.32. The van der Waals surface area contributed by atoms with Crippen LogP contribution in [0.1, 0.15) is 25.0 Å². The quantitative estimate of drug-likeness (QED) is 0.808. The van der Waals surface area contributed by atoms with Gasteiger partial charge in [0.2, 0.25) is 5.72 Å². The second kappa shape index (κ2) is 6.83. The molecule has 136 valence electrons. The summed E-state index contributed by atoms with van der Waals surface area (Å²) in [4.78, 5) is 25.9. The summed E-state index contributed by atoms with van der Waals surface area (Å²) in [5.74, 6) is -1.51. The van der Waals surface area contributed by atoms with Crippen LogP contribution >= 0.6 is 11.6 Å². The molecule has 0 aromatic heterocycles. The molecule has 1 aliphatic heterocycles. The number of halogens is 1. The van der Waals surface area contributed by atoms with E-state index in [2.05, 4.69) is 10.6 Å². The van der Waals surface area contributed by atoms with E-state index in [1.165, 1.54) is 7.11 Å². The number of Topliss-reactive ketones (excluding diaryl/α,β-unsaturated/α-hetero) is 1. The molecular formula is C20H21ClN2O3. The molecule has 0 saturated carbocycles. The van der Waals surface area contributed by atoms with E-state index in [1.807, 2.05) is 38.1 Å². The number of nitrogens with one attached hydrogen (secondary N) is 2. The summed E-state index contributed by atoms with van der Waals surface area (Å²) in [5, 5.41) is 6.17. The number of anilines is 1. The molecule has 6 heteroatoms. The highest BCUT2D eigenvalue weighted by atomic mass is 35.5. The zero-order valence-corrected chi connectivity index (χ0v) is 15.7. The third kappa shape index (κ3) is 3.26. The van der Waals surface area contributed by atoms with E-state index >= 15 is 0 Å². The fourth-order valence-electron chi connectivity index (χ4n) is 3.42. The first-order valence-corrected chi connectivity index (χ1v) is 8.70. The van der Waals surface area contributed by atoms with Crippen LogP contribution in [0.5, 0.6) is 0 Å². The molecular weight excluding hydrogens is 352 g/mol. The van der Waals surface area contributed by atoms with Gasteiger partial charge >= 0.3 is 0 Å². The van der Waals surface area contributed by atoms with Crippen LogP contribution in [0.3, 0.4) is 0 Å². The van der Waals surface area contributed by atoms with Gasteiger partial charge in [-0.15, -0.1) is 0 Å². The predicted molar refractivity (Wildman–Crippen MR) is 101 cm³/mol. The van der Waals surface area contributed by atoms with E-state index in [9.17, 15) is 9.59 Å². The molecule has 0 bridgehead atoms. The Morgan fingerprint density at radius 2 is 1.77 bits per heavy atom. The standard InChI is InChI=1S/C20H21ClN2O3/c1-19(2)12-13-8-4-5-9-14(13)20(23-19,26-3)17(24)18(25)22-16-11-7-6-10-15(16)21/h4-11,23H,12H2,1-3H3,(H,22,25)/t20-/m0/s1. The van der Waals surface area contributed by atoms with Crippen molar-refractivity contribution in [1.29, 1.82) is 0 Å². The fourth-order valence-corrected chi connectivity index (χ4v) is 3.60. The van der Waals surface area contributed by atoms with Gasteiger partial charge in [0.25, 0.3) is 11.7 Å². The molecule has 3 rings (SSSR count). The number of carbonyl (C=O) groups excluding carboxylic acids is 2. The number of hydrogen-bond donors (Lipinski definition) is 2. The van der Waals surface area contributed by atoms with Crippen LogP contribution in [-0.2, 0) is 26.5 Å². The highest BCUT2D eigenvalue weighted by molar-refractivity contribution is 6.44. The summed E-state index contributed by atoms with van der Waals surface area (Å²) < 4.78 is 5.64. The molecule has 1 amide bonds. The maximum atomic E-state index is 13.2. The highest BCUT2D eigenvalue weighted by Crippen LogP contribution is 2.36. The van der Waals surface area contributed by atoms with Gasteiger partial charge in [0.15, 0.2) is 0 Å². The number of methoxy groups -OCH3 is 1. The van der Waals surface area contributed by atoms with Crippen LogP contribution in [0.2, 0.25) is 5.02 Å². The zero-order valence-electron chi connectivity index (χ0n) is 14.9. The first kappa shape index (κ1) is 18.6. The third-order valence-electron chi connectivity index (χ3n) is 4.50. The average Bonchev–Trinajstić information content (AvgIpc) is 2.61. The van der Waals surface area contributed by atoms with Crippen molar-refractivity contribution < 1.29 is 14.3 Å². The number of fused-ring (bicyclic) bond motifs is 1. The zero-order chi connectivity index (χ0) is 18.9. The van der Waals surface area contributed by atoms with Gasteiger partial charge in [-0.2, -0.15) is 0 Å². The minimum absolute atomic E-state index is 0.359. The lowest BCUT2D eigenvalue weighted by atomic mass is 9.80. The second-order valence-corrected chi connectivity index (χ2v) is 7.40. The van der Waals surface area contributed by atoms with Gasteiger partial charge in [-0.05, 0) is 38.0 Å². The summed E-state index contributed by atoms with van der Waals surface area (Å²) in [6.45, 7) is 3.94. The van der Waals surface area contributed by atoms with Gasteiger partial charge < -0.3 is 10.1 Å². The van der Waals surface area contributed by atoms with Gasteiger partial charge in [-0.1, -0.05) is 48.0 Å². The highest BCUT2D eigenvalue weighted by Gasteiger charge is 2.51. The number of carbonyl (C=O) groups is 2. The summed E-state index contributed by atoms with van der Waals surface area (Å²) >= 11 is 6.08. The maximum absolute atomic E-state index is 13.2. The Morgan fingerprint density at radius 1 is 1.12 bits per heavy atom. The summed E-state index contributed by atoms with van der Waals surface area (Å²) in [7, 11) is 1.42. The molecule has 0 spiro atoms. The molecule has 1 atom stereocenters. The summed E-state index contributed by atoms with van der Waals surface area (Å²) in [6, 6.07) is 14.3. The third-order valence-corrected chi connectivity index (χ3v) is 4.83. The number of ether oxygens (including phenoxy) is 1. The van der Waals surface area contributed by atoms with Gasteiger partial charge in [-0.25, -0.2) is 0 Å². The van der Waals surface area contributed by atoms with E-state index in [4.69, 9.17) is 16.3 Å². The number of para-hydroxylation sites is 1. The Balaban J connectivity index is 2.00. The second-order valence-electron chi connectivity index (χ2n) is 6.99. The van der Waals surface area contributed by atoms with E-state index in [0.29, 0.717) is 22.7 Å². The molecule has 0 radical (unpaired) electrons. The van der Waals surface area contributed by atoms with Crippen LogP contribution < -0.4 is 10.6 Å². The van der Waals surface area contributed by atoms with Crippen LogP contribution in [0.4, 0.5) is 5.69 Å². The molecule has 0 aliphatic carbocycles. The van der Waals surface area contributed by atoms with Crippen LogP contribution in [0.15, 0.2) is 48.5 Å². The normalized spacial score (nSPS) is 20.9. The lowest BCUT2D eigenvalue weighted by Crippen LogP contribution is -2.64. The molecule has 2 aromatic rings. The lowest BCUT2D eigenvalue weighted by Gasteiger charge is -2.45. The summed E-state index contributed by atoms with van der Waals surface area (Å²) in [5.41, 5.74) is 0.0224. The number of rotatable bonds is 4. The van der Waals surface area contributed by atoms with Crippen molar-refractivity contribution in [1.82, 2.24) is 5.32 Å². The van der Waals surface area contributed by atoms with E-state index in [0.717, 1.165) is 5.56 Å². The molecule has 0 fully saturated rings. The predicted octanol–water partition coefficient (Wildman–Crippen LogP) is 3.27. The molecule has 2 N–H and O–H groups in total. The summed E-state index contributed by atoms with van der Waals surface area (Å²) in [6.07, 6.45) is 0.716. The maximum Gasteiger partial charge on any atom is 0.296 e. The topological polar surface area (TPSA) is 67.4 Å². The van der Waals surface area contributed by atoms with E-state index in [-0.39, 0.29) is 0 Å². The van der Waals surface area contributed by atoms with Crippen LogP contribution in [0.25, 0.3) is 0 Å². The Labute approximate surface area is 157 Å². The van der Waals surface area contributed by atoms with Crippen molar-refractivity contribution in [3.63, 3.8) is 0 Å². The monoisotopic (exact) mass is 372 g/mol. The molecule has 2 aromatic carbocycles.